The van der Waals surface area contributed by atoms with Gasteiger partial charge in [-0.25, -0.2) is 4.52 Å². The number of carbonyl (C=O) groups is 1. The van der Waals surface area contributed by atoms with Crippen LogP contribution in [0.2, 0.25) is 0 Å². The third-order valence-corrected chi connectivity index (χ3v) is 6.66. The molecular formula is C24H29N5O3. The lowest BCUT2D eigenvalue weighted by Gasteiger charge is -2.36. The van der Waals surface area contributed by atoms with Crippen molar-refractivity contribution >= 4 is 17.1 Å². The fourth-order valence-corrected chi connectivity index (χ4v) is 4.89. The van der Waals surface area contributed by atoms with Crippen molar-refractivity contribution in [1.82, 2.24) is 19.1 Å². The van der Waals surface area contributed by atoms with E-state index < -0.39 is 0 Å². The van der Waals surface area contributed by atoms with E-state index in [0.717, 1.165) is 61.5 Å². The van der Waals surface area contributed by atoms with Crippen LogP contribution in [0.1, 0.15) is 30.5 Å². The summed E-state index contributed by atoms with van der Waals surface area (Å²) in [5.74, 6) is 0.941. The van der Waals surface area contributed by atoms with Gasteiger partial charge in [-0.15, -0.1) is 0 Å². The average molecular weight is 436 g/mol. The number of hydrogen-bond donors (Lipinski definition) is 0. The fourth-order valence-electron chi connectivity index (χ4n) is 4.89. The van der Waals surface area contributed by atoms with Gasteiger partial charge in [-0.1, -0.05) is 12.1 Å². The van der Waals surface area contributed by atoms with Crippen molar-refractivity contribution in [1.29, 1.82) is 0 Å². The van der Waals surface area contributed by atoms with E-state index in [9.17, 15) is 9.59 Å². The van der Waals surface area contributed by atoms with E-state index in [4.69, 9.17) is 4.74 Å². The van der Waals surface area contributed by atoms with Gasteiger partial charge in [-0.05, 0) is 37.8 Å². The molecule has 0 bridgehead atoms. The molecule has 1 amide bonds. The Morgan fingerprint density at radius 2 is 1.84 bits per heavy atom. The summed E-state index contributed by atoms with van der Waals surface area (Å²) in [4.78, 5) is 30.1. The van der Waals surface area contributed by atoms with Crippen LogP contribution in [-0.4, -0.2) is 58.3 Å². The van der Waals surface area contributed by atoms with Crippen LogP contribution in [0.25, 0.3) is 5.52 Å². The number of benzene rings is 1. The number of ether oxygens (including phenoxy) is 1. The highest BCUT2D eigenvalue weighted by Crippen LogP contribution is 2.28. The van der Waals surface area contributed by atoms with Crippen LogP contribution in [0.4, 0.5) is 5.69 Å². The SMILES string of the molecule is COc1ccccc1N1CCN(C(=O)CCn2ccn3nc4c(c3c2=O)CCCC4)CC1. The highest BCUT2D eigenvalue weighted by Gasteiger charge is 2.23. The minimum Gasteiger partial charge on any atom is -0.495 e. The number of rotatable bonds is 5. The summed E-state index contributed by atoms with van der Waals surface area (Å²) in [6, 6.07) is 7.97. The summed E-state index contributed by atoms with van der Waals surface area (Å²) in [5.41, 5.74) is 3.84. The van der Waals surface area contributed by atoms with Gasteiger partial charge < -0.3 is 19.1 Å². The van der Waals surface area contributed by atoms with Gasteiger partial charge in [-0.3, -0.25) is 9.59 Å². The third kappa shape index (κ3) is 3.74. The quantitative estimate of drug-likeness (QED) is 0.614. The number of piperazine rings is 1. The van der Waals surface area contributed by atoms with Crippen molar-refractivity contribution in [2.24, 2.45) is 0 Å². The molecule has 0 N–H and O–H groups in total. The number of hydrogen-bond acceptors (Lipinski definition) is 5. The Morgan fingerprint density at radius 1 is 1.06 bits per heavy atom. The van der Waals surface area contributed by atoms with Crippen LogP contribution in [0.3, 0.4) is 0 Å². The number of carbonyl (C=O) groups excluding carboxylic acids is 1. The second-order valence-electron chi connectivity index (χ2n) is 8.51. The van der Waals surface area contributed by atoms with Gasteiger partial charge >= 0.3 is 0 Å². The second-order valence-corrected chi connectivity index (χ2v) is 8.51. The van der Waals surface area contributed by atoms with E-state index in [-0.39, 0.29) is 11.5 Å². The fraction of sp³-hybridized carbons (Fsp3) is 0.458. The largest absolute Gasteiger partial charge is 0.495 e. The smallest absolute Gasteiger partial charge is 0.276 e. The first-order valence-electron chi connectivity index (χ1n) is 11.4. The van der Waals surface area contributed by atoms with E-state index in [1.165, 1.54) is 0 Å². The number of amides is 1. The van der Waals surface area contributed by atoms with Crippen LogP contribution in [-0.2, 0) is 24.2 Å². The van der Waals surface area contributed by atoms with Crippen molar-refractivity contribution in [3.8, 4) is 5.75 Å². The second kappa shape index (κ2) is 8.68. The Bertz CT molecular complexity index is 1190. The predicted octanol–water partition coefficient (Wildman–Crippen LogP) is 2.12. The average Bonchev–Trinajstić information content (AvgIpc) is 3.23. The maximum atomic E-state index is 13.1. The molecule has 1 aliphatic heterocycles. The summed E-state index contributed by atoms with van der Waals surface area (Å²) in [7, 11) is 1.68. The molecular weight excluding hydrogens is 406 g/mol. The molecule has 5 rings (SSSR count). The number of aryl methyl sites for hydroxylation is 3. The number of aromatic nitrogens is 3. The first-order chi connectivity index (χ1) is 15.7. The normalized spacial score (nSPS) is 16.3. The lowest BCUT2D eigenvalue weighted by atomic mass is 9.97. The zero-order chi connectivity index (χ0) is 22.1. The molecule has 1 aliphatic carbocycles. The van der Waals surface area contributed by atoms with E-state index in [2.05, 4.69) is 10.00 Å². The lowest BCUT2D eigenvalue weighted by molar-refractivity contribution is -0.131. The Hall–Kier alpha value is -3.29. The van der Waals surface area contributed by atoms with Crippen molar-refractivity contribution in [3.63, 3.8) is 0 Å². The summed E-state index contributed by atoms with van der Waals surface area (Å²) in [6.45, 7) is 3.25. The van der Waals surface area contributed by atoms with Gasteiger partial charge in [0.1, 0.15) is 11.3 Å². The Labute approximate surface area is 187 Å². The van der Waals surface area contributed by atoms with Crippen LogP contribution < -0.4 is 15.2 Å². The standard InChI is InChI=1S/C24H29N5O3/c1-32-21-9-5-4-8-20(21)26-12-14-27(15-13-26)22(30)10-11-28-16-17-29-23(24(28)31)18-6-2-3-7-19(18)25-29/h4-5,8-9,16-17H,2-3,6-7,10-15H2,1H3. The molecule has 168 valence electrons. The molecule has 0 spiro atoms. The number of para-hydroxylation sites is 2. The zero-order valence-corrected chi connectivity index (χ0v) is 18.5. The maximum absolute atomic E-state index is 13.1. The molecule has 2 aliphatic rings. The molecule has 3 aromatic rings. The molecule has 0 unspecified atom stereocenters. The van der Waals surface area contributed by atoms with E-state index in [1.807, 2.05) is 35.4 Å². The molecule has 0 atom stereocenters. The minimum absolute atomic E-state index is 0.0445. The molecule has 8 nitrogen and oxygen atoms in total. The molecule has 32 heavy (non-hydrogen) atoms. The van der Waals surface area contributed by atoms with E-state index in [1.54, 1.807) is 22.4 Å². The summed E-state index contributed by atoms with van der Waals surface area (Å²) >= 11 is 0. The summed E-state index contributed by atoms with van der Waals surface area (Å²) in [6.07, 6.45) is 7.99. The maximum Gasteiger partial charge on any atom is 0.276 e. The molecule has 8 heteroatoms. The first-order valence-corrected chi connectivity index (χ1v) is 11.4. The van der Waals surface area contributed by atoms with Crippen molar-refractivity contribution in [2.45, 2.75) is 38.6 Å². The molecule has 1 fully saturated rings. The Morgan fingerprint density at radius 3 is 2.66 bits per heavy atom. The highest BCUT2D eigenvalue weighted by atomic mass is 16.5. The first kappa shape index (κ1) is 20.6. The molecule has 0 saturated carbocycles. The van der Waals surface area contributed by atoms with Crippen LogP contribution in [0, 0.1) is 0 Å². The molecule has 2 aromatic heterocycles. The van der Waals surface area contributed by atoms with Gasteiger partial charge in [0.25, 0.3) is 5.56 Å². The van der Waals surface area contributed by atoms with Gasteiger partial charge in [0.2, 0.25) is 5.91 Å². The number of nitrogens with zero attached hydrogens (tertiary/aromatic N) is 5. The lowest BCUT2D eigenvalue weighted by Crippen LogP contribution is -2.49. The molecule has 0 radical (unpaired) electrons. The van der Waals surface area contributed by atoms with Gasteiger partial charge in [-0.2, -0.15) is 5.10 Å². The van der Waals surface area contributed by atoms with E-state index in [0.29, 0.717) is 31.6 Å². The van der Waals surface area contributed by atoms with Crippen molar-refractivity contribution in [3.05, 3.63) is 58.3 Å². The number of methoxy groups -OCH3 is 1. The zero-order valence-electron chi connectivity index (χ0n) is 18.5. The number of fused-ring (bicyclic) bond motifs is 3. The van der Waals surface area contributed by atoms with Crippen molar-refractivity contribution < 1.29 is 9.53 Å². The topological polar surface area (TPSA) is 72.1 Å². The van der Waals surface area contributed by atoms with Crippen LogP contribution in [0.15, 0.2) is 41.5 Å². The van der Waals surface area contributed by atoms with Crippen molar-refractivity contribution in [2.75, 3.05) is 38.2 Å². The minimum atomic E-state index is -0.0445. The predicted molar refractivity (Wildman–Crippen MR) is 122 cm³/mol. The molecule has 1 saturated heterocycles. The highest BCUT2D eigenvalue weighted by molar-refractivity contribution is 5.76. The molecule has 3 heterocycles. The summed E-state index contributed by atoms with van der Waals surface area (Å²) < 4.78 is 8.85. The van der Waals surface area contributed by atoms with Gasteiger partial charge in [0, 0.05) is 57.1 Å². The Kier molecular flexibility index (Phi) is 5.59. The Balaban J connectivity index is 1.23. The van der Waals surface area contributed by atoms with E-state index >= 15 is 0 Å². The molecule has 1 aromatic carbocycles. The number of anilines is 1. The summed E-state index contributed by atoms with van der Waals surface area (Å²) in [5, 5.41) is 4.58. The monoisotopic (exact) mass is 435 g/mol. The van der Waals surface area contributed by atoms with Crippen LogP contribution >= 0.6 is 0 Å². The van der Waals surface area contributed by atoms with Crippen LogP contribution in [0.5, 0.6) is 5.75 Å². The third-order valence-electron chi connectivity index (χ3n) is 6.66. The van der Waals surface area contributed by atoms with Gasteiger partial charge in [0.05, 0.1) is 18.5 Å². The van der Waals surface area contributed by atoms with Gasteiger partial charge in [0.15, 0.2) is 0 Å².